The molecule has 1 saturated carbocycles. The molecule has 20 heavy (non-hydrogen) atoms. The Hall–Kier alpha value is 0.801. The molecule has 0 heterocycles. The Labute approximate surface area is 165 Å². The standard InChI is InChI=1S/C13H16BClF3O.K/c15-11-6-7-13(19-9-14(16,17)18)12(8-11)10-4-2-1-3-5-10;/h6-8,10H,1-5,9H2;/q-1;+1. The zero-order valence-corrected chi connectivity index (χ0v) is 15.4. The van der Waals surface area contributed by atoms with E-state index in [1.54, 1.807) is 18.2 Å². The molecule has 0 spiro atoms. The van der Waals surface area contributed by atoms with Crippen LogP contribution in [-0.2, 0) is 0 Å². The average Bonchev–Trinajstić information content (AvgIpc) is 2.37. The first-order valence-corrected chi connectivity index (χ1v) is 6.97. The largest absolute Gasteiger partial charge is 1.00 e. The zero-order chi connectivity index (χ0) is 13.9. The minimum absolute atomic E-state index is 0. The van der Waals surface area contributed by atoms with Gasteiger partial charge in [0.15, 0.2) is 0 Å². The zero-order valence-electron chi connectivity index (χ0n) is 11.5. The fourth-order valence-corrected chi connectivity index (χ4v) is 2.75. The fourth-order valence-electron chi connectivity index (χ4n) is 2.57. The van der Waals surface area contributed by atoms with Gasteiger partial charge in [0.25, 0.3) is 0 Å². The minimum Gasteiger partial charge on any atom is -0.521 e. The second-order valence-electron chi connectivity index (χ2n) is 5.04. The number of ether oxygens (including phenoxy) is 1. The predicted octanol–water partition coefficient (Wildman–Crippen LogP) is 2.16. The summed E-state index contributed by atoms with van der Waals surface area (Å²) < 4.78 is 41.9. The van der Waals surface area contributed by atoms with Crippen LogP contribution in [0.4, 0.5) is 12.9 Å². The van der Waals surface area contributed by atoms with Crippen molar-refractivity contribution in [2.45, 2.75) is 38.0 Å². The molecule has 0 saturated heterocycles. The van der Waals surface area contributed by atoms with Crippen LogP contribution in [0.1, 0.15) is 43.6 Å². The maximum Gasteiger partial charge on any atom is 1.00 e. The SMILES string of the molecule is F[B-](F)(F)COc1ccc(Cl)cc1C1CCCCC1.[K+]. The van der Waals surface area contributed by atoms with Crippen LogP contribution in [0, 0.1) is 0 Å². The number of hydrogen-bond acceptors (Lipinski definition) is 1. The van der Waals surface area contributed by atoms with E-state index >= 15 is 0 Å². The monoisotopic (exact) mass is 330 g/mol. The van der Waals surface area contributed by atoms with Gasteiger partial charge < -0.3 is 17.7 Å². The summed E-state index contributed by atoms with van der Waals surface area (Å²) in [5.74, 6) is 0.596. The Bertz CT molecular complexity index is 436. The van der Waals surface area contributed by atoms with E-state index in [1.165, 1.54) is 6.42 Å². The van der Waals surface area contributed by atoms with Crippen molar-refractivity contribution in [2.75, 3.05) is 6.51 Å². The van der Waals surface area contributed by atoms with E-state index in [0.29, 0.717) is 10.8 Å². The first-order chi connectivity index (χ1) is 8.96. The maximum atomic E-state index is 12.3. The summed E-state index contributed by atoms with van der Waals surface area (Å²) in [6, 6.07) is 4.87. The quantitative estimate of drug-likeness (QED) is 0.769. The molecular formula is C13H16BClF3KO. The molecule has 0 unspecified atom stereocenters. The van der Waals surface area contributed by atoms with Crippen LogP contribution in [0.2, 0.25) is 5.02 Å². The Kier molecular flexibility index (Phi) is 7.95. The molecule has 0 aliphatic heterocycles. The summed E-state index contributed by atoms with van der Waals surface area (Å²) >= 11 is 5.95. The summed E-state index contributed by atoms with van der Waals surface area (Å²) in [6.45, 7) is -6.12. The molecule has 7 heteroatoms. The Morgan fingerprint density at radius 2 is 1.80 bits per heavy atom. The third-order valence-corrected chi connectivity index (χ3v) is 3.68. The summed E-state index contributed by atoms with van der Waals surface area (Å²) in [7, 11) is 0. The summed E-state index contributed by atoms with van der Waals surface area (Å²) in [5, 5.41) is 0.547. The van der Waals surface area contributed by atoms with Crippen molar-refractivity contribution in [2.24, 2.45) is 0 Å². The van der Waals surface area contributed by atoms with E-state index in [0.717, 1.165) is 31.2 Å². The van der Waals surface area contributed by atoms with Gasteiger partial charge >= 0.3 is 58.4 Å². The van der Waals surface area contributed by atoms with Gasteiger partial charge in [-0.05, 0) is 42.5 Å². The van der Waals surface area contributed by atoms with E-state index in [4.69, 9.17) is 16.3 Å². The van der Waals surface area contributed by atoms with E-state index in [-0.39, 0.29) is 57.3 Å². The molecule has 0 aromatic heterocycles. The Morgan fingerprint density at radius 3 is 2.40 bits per heavy atom. The van der Waals surface area contributed by atoms with Crippen molar-refractivity contribution in [3.05, 3.63) is 28.8 Å². The van der Waals surface area contributed by atoms with E-state index < -0.39 is 13.5 Å². The van der Waals surface area contributed by atoms with Gasteiger partial charge in [-0.2, -0.15) is 0 Å². The van der Waals surface area contributed by atoms with Crippen LogP contribution in [0.15, 0.2) is 18.2 Å². The number of halogens is 4. The topological polar surface area (TPSA) is 9.23 Å². The van der Waals surface area contributed by atoms with Crippen molar-refractivity contribution in [1.29, 1.82) is 0 Å². The normalized spacial score (nSPS) is 16.6. The maximum absolute atomic E-state index is 12.3. The number of hydrogen-bond donors (Lipinski definition) is 0. The number of benzene rings is 1. The molecule has 106 valence electrons. The average molecular weight is 331 g/mol. The molecule has 1 aliphatic rings. The third kappa shape index (κ3) is 5.89. The van der Waals surface area contributed by atoms with E-state index in [2.05, 4.69) is 0 Å². The van der Waals surface area contributed by atoms with Gasteiger partial charge in [0.05, 0.1) is 6.51 Å². The predicted molar refractivity (Wildman–Crippen MR) is 71.9 cm³/mol. The van der Waals surface area contributed by atoms with Crippen molar-refractivity contribution in [3.63, 3.8) is 0 Å². The second kappa shape index (κ2) is 8.44. The molecule has 1 nitrogen and oxygen atoms in total. The van der Waals surface area contributed by atoms with Crippen molar-refractivity contribution in [3.8, 4) is 5.75 Å². The van der Waals surface area contributed by atoms with Gasteiger partial charge in [0.1, 0.15) is 5.75 Å². The third-order valence-electron chi connectivity index (χ3n) is 3.44. The van der Waals surface area contributed by atoms with Crippen LogP contribution in [-0.4, -0.2) is 13.5 Å². The van der Waals surface area contributed by atoms with Crippen LogP contribution in [0.25, 0.3) is 0 Å². The van der Waals surface area contributed by atoms with Crippen LogP contribution < -0.4 is 56.1 Å². The Morgan fingerprint density at radius 1 is 1.15 bits per heavy atom. The molecule has 0 bridgehead atoms. The van der Waals surface area contributed by atoms with Crippen molar-refractivity contribution < 1.29 is 69.1 Å². The molecule has 0 radical (unpaired) electrons. The molecule has 2 rings (SSSR count). The van der Waals surface area contributed by atoms with E-state index in [1.807, 2.05) is 0 Å². The molecule has 1 fully saturated rings. The Balaban J connectivity index is 0.00000200. The summed E-state index contributed by atoms with van der Waals surface area (Å²) in [5.41, 5.74) is 0.826. The van der Waals surface area contributed by atoms with Crippen LogP contribution in [0.5, 0.6) is 5.75 Å². The molecule has 0 atom stereocenters. The molecule has 1 aromatic rings. The van der Waals surface area contributed by atoms with Crippen LogP contribution >= 0.6 is 11.6 Å². The molecule has 1 aromatic carbocycles. The van der Waals surface area contributed by atoms with E-state index in [9.17, 15) is 12.9 Å². The van der Waals surface area contributed by atoms with Gasteiger partial charge in [0, 0.05) is 5.02 Å². The summed E-state index contributed by atoms with van der Waals surface area (Å²) in [4.78, 5) is 0. The molecule has 0 N–H and O–H groups in total. The molecule has 1 aliphatic carbocycles. The smallest absolute Gasteiger partial charge is 0.521 e. The van der Waals surface area contributed by atoms with Gasteiger partial charge in [-0.1, -0.05) is 30.9 Å². The van der Waals surface area contributed by atoms with Crippen molar-refractivity contribution >= 4 is 18.6 Å². The van der Waals surface area contributed by atoms with Crippen molar-refractivity contribution in [1.82, 2.24) is 0 Å². The fraction of sp³-hybridized carbons (Fsp3) is 0.538. The first-order valence-electron chi connectivity index (χ1n) is 6.59. The molecule has 0 amide bonds. The number of rotatable bonds is 4. The van der Waals surface area contributed by atoms with Gasteiger partial charge in [-0.3, -0.25) is 0 Å². The minimum atomic E-state index is -4.93. The molecular weight excluding hydrogens is 314 g/mol. The van der Waals surface area contributed by atoms with Gasteiger partial charge in [-0.25, -0.2) is 0 Å². The summed E-state index contributed by atoms with van der Waals surface area (Å²) in [6.07, 6.45) is 5.40. The van der Waals surface area contributed by atoms with Crippen LogP contribution in [0.3, 0.4) is 0 Å². The van der Waals surface area contributed by atoms with Gasteiger partial charge in [0.2, 0.25) is 0 Å². The van der Waals surface area contributed by atoms with Gasteiger partial charge in [-0.15, -0.1) is 0 Å². The first kappa shape index (κ1) is 18.8. The second-order valence-corrected chi connectivity index (χ2v) is 5.47.